The van der Waals surface area contributed by atoms with E-state index in [0.717, 1.165) is 24.6 Å². The highest BCUT2D eigenvalue weighted by molar-refractivity contribution is 7.88. The van der Waals surface area contributed by atoms with Crippen LogP contribution >= 0.6 is 0 Å². The van der Waals surface area contributed by atoms with E-state index in [1.165, 1.54) is 34.0 Å². The topological polar surface area (TPSA) is 98.5 Å². The SMILES string of the molecule is CS(=O)(=O)N1CCC(COc2coc(CN3Cc4cc5c(cc4C3)OCO5)cc2=O)CC1. The minimum Gasteiger partial charge on any atom is -0.486 e. The molecule has 4 heterocycles. The van der Waals surface area contributed by atoms with E-state index in [2.05, 4.69) is 4.90 Å². The van der Waals surface area contributed by atoms with Gasteiger partial charge in [-0.25, -0.2) is 12.7 Å². The van der Waals surface area contributed by atoms with Crippen LogP contribution in [0.15, 0.2) is 33.7 Å². The predicted octanol–water partition coefficient (Wildman–Crippen LogP) is 1.93. The maximum Gasteiger partial charge on any atom is 0.231 e. The number of rotatable bonds is 6. The van der Waals surface area contributed by atoms with Gasteiger partial charge in [0, 0.05) is 32.2 Å². The Bertz CT molecular complexity index is 1140. The first-order valence-electron chi connectivity index (χ1n) is 10.7. The van der Waals surface area contributed by atoms with Gasteiger partial charge in [0.15, 0.2) is 11.5 Å². The summed E-state index contributed by atoms with van der Waals surface area (Å²) in [5.74, 6) is 2.54. The molecule has 1 saturated heterocycles. The number of sulfonamides is 1. The molecule has 0 unspecified atom stereocenters. The van der Waals surface area contributed by atoms with Crippen LogP contribution in [-0.2, 0) is 29.7 Å². The molecule has 0 atom stereocenters. The molecule has 0 bridgehead atoms. The van der Waals surface area contributed by atoms with Gasteiger partial charge in [-0.1, -0.05) is 0 Å². The molecule has 0 saturated carbocycles. The molecule has 172 valence electrons. The van der Waals surface area contributed by atoms with E-state index in [-0.39, 0.29) is 23.9 Å². The van der Waals surface area contributed by atoms with Crippen molar-refractivity contribution < 1.29 is 27.0 Å². The molecule has 0 spiro atoms. The lowest BCUT2D eigenvalue weighted by molar-refractivity contribution is 0.173. The lowest BCUT2D eigenvalue weighted by atomic mass is 9.99. The van der Waals surface area contributed by atoms with E-state index in [4.69, 9.17) is 18.6 Å². The molecule has 1 fully saturated rings. The second kappa shape index (κ2) is 8.42. The van der Waals surface area contributed by atoms with Crippen molar-refractivity contribution in [2.75, 3.05) is 32.7 Å². The van der Waals surface area contributed by atoms with Gasteiger partial charge in [0.1, 0.15) is 12.0 Å². The molecule has 1 aromatic heterocycles. The maximum atomic E-state index is 12.5. The Hall–Kier alpha value is -2.56. The van der Waals surface area contributed by atoms with Crippen molar-refractivity contribution in [2.24, 2.45) is 5.92 Å². The van der Waals surface area contributed by atoms with E-state index in [1.807, 2.05) is 12.1 Å². The Morgan fingerprint density at radius 1 is 1.06 bits per heavy atom. The summed E-state index contributed by atoms with van der Waals surface area (Å²) >= 11 is 0. The third-order valence-corrected chi connectivity index (χ3v) is 7.53. The maximum absolute atomic E-state index is 12.5. The van der Waals surface area contributed by atoms with Crippen LogP contribution < -0.4 is 19.6 Å². The summed E-state index contributed by atoms with van der Waals surface area (Å²) in [4.78, 5) is 14.7. The minimum atomic E-state index is -3.15. The fourth-order valence-corrected chi connectivity index (χ4v) is 5.31. The van der Waals surface area contributed by atoms with Crippen LogP contribution in [0.25, 0.3) is 0 Å². The Labute approximate surface area is 186 Å². The molecule has 5 rings (SSSR count). The van der Waals surface area contributed by atoms with Gasteiger partial charge >= 0.3 is 0 Å². The summed E-state index contributed by atoms with van der Waals surface area (Å²) in [6, 6.07) is 5.52. The highest BCUT2D eigenvalue weighted by Gasteiger charge is 2.26. The van der Waals surface area contributed by atoms with Crippen LogP contribution in [0.2, 0.25) is 0 Å². The zero-order chi connectivity index (χ0) is 22.3. The molecule has 0 N–H and O–H groups in total. The lowest BCUT2D eigenvalue weighted by Gasteiger charge is -2.29. The van der Waals surface area contributed by atoms with Crippen LogP contribution in [0.3, 0.4) is 0 Å². The average molecular weight is 463 g/mol. The first-order chi connectivity index (χ1) is 15.3. The monoisotopic (exact) mass is 462 g/mol. The van der Waals surface area contributed by atoms with Gasteiger partial charge in [0.05, 0.1) is 19.4 Å². The summed E-state index contributed by atoms with van der Waals surface area (Å²) in [6.07, 6.45) is 4.03. The summed E-state index contributed by atoms with van der Waals surface area (Å²) in [7, 11) is -3.15. The van der Waals surface area contributed by atoms with E-state index >= 15 is 0 Å². The first-order valence-corrected chi connectivity index (χ1v) is 12.5. The van der Waals surface area contributed by atoms with Crippen LogP contribution in [0.4, 0.5) is 0 Å². The number of benzene rings is 1. The van der Waals surface area contributed by atoms with Crippen molar-refractivity contribution in [1.29, 1.82) is 0 Å². The van der Waals surface area contributed by atoms with Gasteiger partial charge in [0.2, 0.25) is 28.0 Å². The van der Waals surface area contributed by atoms with Crippen LogP contribution in [-0.4, -0.2) is 50.4 Å². The van der Waals surface area contributed by atoms with E-state index in [0.29, 0.717) is 44.8 Å². The van der Waals surface area contributed by atoms with Crippen LogP contribution in [0, 0.1) is 5.92 Å². The van der Waals surface area contributed by atoms with Crippen molar-refractivity contribution in [1.82, 2.24) is 9.21 Å². The van der Waals surface area contributed by atoms with Crippen LogP contribution in [0.5, 0.6) is 17.2 Å². The average Bonchev–Trinajstić information content (AvgIpc) is 3.36. The molecule has 0 aliphatic carbocycles. The molecule has 3 aliphatic heterocycles. The summed E-state index contributed by atoms with van der Waals surface area (Å²) in [6.45, 7) is 3.62. The number of nitrogens with zero attached hydrogens (tertiary/aromatic N) is 2. The molecule has 3 aliphatic rings. The Morgan fingerprint density at radius 3 is 2.31 bits per heavy atom. The number of hydrogen-bond acceptors (Lipinski definition) is 8. The standard InChI is InChI=1S/C22H26N2O7S/c1-32(26,27)24-4-2-15(3-5-24)12-29-22-13-28-18(8-19(22)25)11-23-9-16-6-20-21(31-14-30-20)7-17(16)10-23/h6-8,13,15H,2-5,9-12,14H2,1H3. The molecule has 0 radical (unpaired) electrons. The molecular weight excluding hydrogens is 436 g/mol. The van der Waals surface area contributed by atoms with Gasteiger partial charge in [-0.3, -0.25) is 9.69 Å². The van der Waals surface area contributed by atoms with Crippen molar-refractivity contribution >= 4 is 10.0 Å². The Kier molecular flexibility index (Phi) is 5.60. The summed E-state index contributed by atoms with van der Waals surface area (Å²) < 4.78 is 47.0. The second-order valence-electron chi connectivity index (χ2n) is 8.61. The number of piperidine rings is 1. The molecular formula is C22H26N2O7S. The third-order valence-electron chi connectivity index (χ3n) is 6.23. The van der Waals surface area contributed by atoms with Crippen molar-refractivity contribution in [3.63, 3.8) is 0 Å². The molecule has 10 heteroatoms. The smallest absolute Gasteiger partial charge is 0.231 e. The fraction of sp³-hybridized carbons (Fsp3) is 0.500. The minimum absolute atomic E-state index is 0.190. The fourth-order valence-electron chi connectivity index (χ4n) is 4.43. The zero-order valence-electron chi connectivity index (χ0n) is 17.9. The number of hydrogen-bond donors (Lipinski definition) is 0. The molecule has 2 aromatic rings. The van der Waals surface area contributed by atoms with Crippen molar-refractivity contribution in [2.45, 2.75) is 32.5 Å². The van der Waals surface area contributed by atoms with Gasteiger partial charge in [-0.05, 0) is 42.0 Å². The first kappa shape index (κ1) is 21.3. The Morgan fingerprint density at radius 2 is 1.72 bits per heavy atom. The second-order valence-corrected chi connectivity index (χ2v) is 10.6. The van der Waals surface area contributed by atoms with Gasteiger partial charge in [0.25, 0.3) is 0 Å². The van der Waals surface area contributed by atoms with Gasteiger partial charge in [-0.15, -0.1) is 0 Å². The normalized spacial score (nSPS) is 19.3. The largest absolute Gasteiger partial charge is 0.486 e. The van der Waals surface area contributed by atoms with Crippen LogP contribution in [0.1, 0.15) is 29.7 Å². The molecule has 1 aromatic carbocycles. The van der Waals surface area contributed by atoms with E-state index in [1.54, 1.807) is 0 Å². The van der Waals surface area contributed by atoms with Gasteiger partial charge < -0.3 is 18.6 Å². The van der Waals surface area contributed by atoms with E-state index in [9.17, 15) is 13.2 Å². The Balaban J connectivity index is 1.15. The lowest BCUT2D eigenvalue weighted by Crippen LogP contribution is -2.39. The van der Waals surface area contributed by atoms with E-state index < -0.39 is 10.0 Å². The number of ether oxygens (including phenoxy) is 3. The molecule has 0 amide bonds. The van der Waals surface area contributed by atoms with Crippen molar-refractivity contribution in [3.8, 4) is 17.2 Å². The predicted molar refractivity (Wildman–Crippen MR) is 115 cm³/mol. The van der Waals surface area contributed by atoms with Crippen molar-refractivity contribution in [3.05, 3.63) is 51.6 Å². The number of fused-ring (bicyclic) bond motifs is 2. The summed E-state index contributed by atoms with van der Waals surface area (Å²) in [5.41, 5.74) is 2.18. The quantitative estimate of drug-likeness (QED) is 0.642. The third kappa shape index (κ3) is 4.48. The van der Waals surface area contributed by atoms with Gasteiger partial charge in [-0.2, -0.15) is 0 Å². The highest BCUT2D eigenvalue weighted by atomic mass is 32.2. The highest BCUT2D eigenvalue weighted by Crippen LogP contribution is 2.38. The molecule has 9 nitrogen and oxygen atoms in total. The molecule has 32 heavy (non-hydrogen) atoms. The zero-order valence-corrected chi connectivity index (χ0v) is 18.7. The summed E-state index contributed by atoms with van der Waals surface area (Å²) in [5, 5.41) is 0.